The Morgan fingerprint density at radius 3 is 2.24 bits per heavy atom. The first kappa shape index (κ1) is 24.8. The van der Waals surface area contributed by atoms with Gasteiger partial charge in [-0.2, -0.15) is 36.4 Å². The van der Waals surface area contributed by atoms with E-state index in [-0.39, 0.29) is 43.3 Å². The number of nitrogens with zero attached hydrogens (tertiary/aromatic N) is 5. The Labute approximate surface area is 206 Å². The van der Waals surface area contributed by atoms with Crippen LogP contribution in [0.15, 0.2) is 57.4 Å². The van der Waals surface area contributed by atoms with Gasteiger partial charge in [-0.1, -0.05) is 17.3 Å². The van der Waals surface area contributed by atoms with Crippen molar-refractivity contribution >= 4 is 27.0 Å². The van der Waals surface area contributed by atoms with Gasteiger partial charge < -0.3 is 4.52 Å². The van der Waals surface area contributed by atoms with Crippen molar-refractivity contribution in [2.24, 2.45) is 5.14 Å². The highest BCUT2D eigenvalue weighted by Crippen LogP contribution is 2.36. The Balaban J connectivity index is 1.62. The highest BCUT2D eigenvalue weighted by molar-refractivity contribution is 7.91. The van der Waals surface area contributed by atoms with Crippen molar-refractivity contribution in [2.75, 3.05) is 0 Å². The average Bonchev–Trinajstić information content (AvgIpc) is 3.55. The van der Waals surface area contributed by atoms with Crippen molar-refractivity contribution in [2.45, 2.75) is 16.6 Å². The van der Waals surface area contributed by atoms with E-state index >= 15 is 0 Å². The van der Waals surface area contributed by atoms with Gasteiger partial charge in [-0.25, -0.2) is 23.1 Å². The van der Waals surface area contributed by atoms with Crippen LogP contribution in [0.3, 0.4) is 0 Å². The Hall–Kier alpha value is -3.83. The number of sulfonamides is 1. The van der Waals surface area contributed by atoms with Crippen molar-refractivity contribution < 1.29 is 39.3 Å². The molecule has 0 unspecified atom stereocenters. The van der Waals surface area contributed by atoms with E-state index in [1.807, 2.05) is 0 Å². The van der Waals surface area contributed by atoms with Gasteiger partial charge in [-0.05, 0) is 30.3 Å². The van der Waals surface area contributed by atoms with Gasteiger partial charge in [0.15, 0.2) is 11.3 Å². The summed E-state index contributed by atoms with van der Waals surface area (Å²) in [6.07, 6.45) is -8.51. The molecule has 0 amide bonds. The van der Waals surface area contributed by atoms with Crippen LogP contribution in [0.2, 0.25) is 0 Å². The number of benzene rings is 1. The third kappa shape index (κ3) is 4.67. The number of primary sulfonamides is 1. The Morgan fingerprint density at radius 1 is 0.946 bits per heavy atom. The van der Waals surface area contributed by atoms with Crippen LogP contribution in [-0.4, -0.2) is 33.2 Å². The topological polar surface area (TPSA) is 129 Å². The minimum Gasteiger partial charge on any atom is -0.333 e. The molecule has 9 nitrogen and oxygen atoms in total. The predicted molar refractivity (Wildman–Crippen MR) is 116 cm³/mol. The summed E-state index contributed by atoms with van der Waals surface area (Å²) in [6, 6.07) is 6.73. The monoisotopic (exact) mass is 560 g/mol. The van der Waals surface area contributed by atoms with E-state index in [2.05, 4.69) is 20.2 Å². The molecular weight excluding hydrogens is 550 g/mol. The number of hydrogen-bond donors (Lipinski definition) is 1. The van der Waals surface area contributed by atoms with Crippen molar-refractivity contribution in [3.63, 3.8) is 0 Å². The molecule has 0 saturated carbocycles. The Bertz CT molecular complexity index is 1740. The maximum absolute atomic E-state index is 13.8. The molecule has 4 heterocycles. The van der Waals surface area contributed by atoms with Crippen LogP contribution < -0.4 is 5.14 Å². The Morgan fingerprint density at radius 2 is 1.65 bits per heavy atom. The molecule has 4 aromatic heterocycles. The molecule has 0 bridgehead atoms. The smallest absolute Gasteiger partial charge is 0.333 e. The van der Waals surface area contributed by atoms with Crippen LogP contribution in [0.4, 0.5) is 26.3 Å². The SMILES string of the molecule is NS(=O)(=O)c1ccc(-c2noc(-c3cnn4c(C(F)(F)F)cc(-c5ccc(C(F)(F)F)cc5)nc34)n2)s1. The van der Waals surface area contributed by atoms with Gasteiger partial charge in [0.05, 0.1) is 22.3 Å². The van der Waals surface area contributed by atoms with Crippen LogP contribution in [0.1, 0.15) is 11.3 Å². The lowest BCUT2D eigenvalue weighted by Crippen LogP contribution is -2.13. The quantitative estimate of drug-likeness (QED) is 0.311. The van der Waals surface area contributed by atoms with Crippen molar-refractivity contribution in [3.8, 4) is 33.4 Å². The van der Waals surface area contributed by atoms with E-state index in [4.69, 9.17) is 9.66 Å². The number of fused-ring (bicyclic) bond motifs is 1. The fourth-order valence-corrected chi connectivity index (χ4v) is 4.97. The van der Waals surface area contributed by atoms with Crippen molar-refractivity contribution in [1.29, 1.82) is 0 Å². The predicted octanol–water partition coefficient (Wildman–Crippen LogP) is 4.86. The summed E-state index contributed by atoms with van der Waals surface area (Å²) in [7, 11) is -3.98. The van der Waals surface area contributed by atoms with Gasteiger partial charge in [-0.15, -0.1) is 11.3 Å². The number of hydrogen-bond acceptors (Lipinski definition) is 8. The summed E-state index contributed by atoms with van der Waals surface area (Å²) in [5, 5.41) is 12.5. The zero-order valence-electron chi connectivity index (χ0n) is 17.7. The van der Waals surface area contributed by atoms with Crippen molar-refractivity contribution in [3.05, 3.63) is 59.9 Å². The van der Waals surface area contributed by atoms with E-state index in [0.29, 0.717) is 10.6 Å². The first-order valence-corrected chi connectivity index (χ1v) is 12.2. The van der Waals surface area contributed by atoms with E-state index < -0.39 is 33.6 Å². The van der Waals surface area contributed by atoms with Crippen LogP contribution in [0.25, 0.3) is 39.1 Å². The van der Waals surface area contributed by atoms with Crippen LogP contribution in [-0.2, 0) is 22.4 Å². The molecule has 0 aliphatic heterocycles. The molecule has 0 spiro atoms. The van der Waals surface area contributed by atoms with E-state index in [1.54, 1.807) is 0 Å². The van der Waals surface area contributed by atoms with Gasteiger partial charge in [0.25, 0.3) is 5.89 Å². The molecule has 37 heavy (non-hydrogen) atoms. The second kappa shape index (κ2) is 8.35. The Kier molecular flexibility index (Phi) is 5.61. The minimum absolute atomic E-state index is 0.00604. The van der Waals surface area contributed by atoms with E-state index in [9.17, 15) is 34.8 Å². The van der Waals surface area contributed by atoms with Gasteiger partial charge >= 0.3 is 12.4 Å². The molecule has 0 aliphatic carbocycles. The number of halogens is 6. The number of rotatable bonds is 4. The maximum atomic E-state index is 13.8. The molecule has 192 valence electrons. The first-order valence-electron chi connectivity index (χ1n) is 9.82. The van der Waals surface area contributed by atoms with Gasteiger partial charge in [0, 0.05) is 5.56 Å². The van der Waals surface area contributed by atoms with E-state index in [1.165, 1.54) is 12.1 Å². The molecular formula is C20H10F6N6O3S2. The highest BCUT2D eigenvalue weighted by Gasteiger charge is 2.36. The lowest BCUT2D eigenvalue weighted by Gasteiger charge is -2.12. The molecule has 0 saturated heterocycles. The van der Waals surface area contributed by atoms with Crippen LogP contribution in [0.5, 0.6) is 0 Å². The van der Waals surface area contributed by atoms with Crippen molar-refractivity contribution in [1.82, 2.24) is 24.7 Å². The lowest BCUT2D eigenvalue weighted by molar-refractivity contribution is -0.142. The fraction of sp³-hybridized carbons (Fsp3) is 0.100. The summed E-state index contributed by atoms with van der Waals surface area (Å²) < 4.78 is 109. The third-order valence-corrected chi connectivity index (χ3v) is 7.53. The number of aromatic nitrogens is 5. The van der Waals surface area contributed by atoms with Crippen LogP contribution >= 0.6 is 11.3 Å². The lowest BCUT2D eigenvalue weighted by atomic mass is 10.1. The maximum Gasteiger partial charge on any atom is 0.433 e. The molecule has 2 N–H and O–H groups in total. The molecule has 0 radical (unpaired) electrons. The molecule has 0 aliphatic rings. The summed E-state index contributed by atoms with van der Waals surface area (Å²) in [6.45, 7) is 0. The second-order valence-corrected chi connectivity index (χ2v) is 10.4. The van der Waals surface area contributed by atoms with E-state index in [0.717, 1.165) is 41.8 Å². The zero-order valence-corrected chi connectivity index (χ0v) is 19.4. The van der Waals surface area contributed by atoms with Gasteiger partial charge in [0.2, 0.25) is 15.8 Å². The van der Waals surface area contributed by atoms with Gasteiger partial charge in [0.1, 0.15) is 9.77 Å². The molecule has 0 atom stereocenters. The number of thiophene rings is 1. The summed E-state index contributed by atoms with van der Waals surface area (Å²) in [4.78, 5) is 8.52. The first-order chi connectivity index (χ1) is 17.2. The normalized spacial score (nSPS) is 12.9. The minimum atomic E-state index is -4.90. The molecule has 5 aromatic rings. The number of alkyl halides is 6. The van der Waals surface area contributed by atoms with Gasteiger partial charge in [-0.3, -0.25) is 0 Å². The molecule has 1 aromatic carbocycles. The molecule has 5 rings (SSSR count). The summed E-state index contributed by atoms with van der Waals surface area (Å²) in [5.74, 6) is -0.343. The number of nitrogens with two attached hydrogens (primary N) is 1. The highest BCUT2D eigenvalue weighted by atomic mass is 32.2. The zero-order chi connectivity index (χ0) is 26.8. The standard InChI is InChI=1S/C20H10F6N6O3S2/c21-19(22,23)10-3-1-9(2-4-10)12-7-14(20(24,25)26)32-17(29-12)11(8-28-32)18-30-16(31-35-18)13-5-6-15(36-13)37(27,33)34/h1-8H,(H2,27,33,34). The van der Waals surface area contributed by atoms with Crippen LogP contribution in [0, 0.1) is 0 Å². The fourth-order valence-electron chi connectivity index (χ4n) is 3.32. The second-order valence-electron chi connectivity index (χ2n) is 7.48. The summed E-state index contributed by atoms with van der Waals surface area (Å²) in [5.41, 5.74) is -2.94. The summed E-state index contributed by atoms with van der Waals surface area (Å²) >= 11 is 0.752. The largest absolute Gasteiger partial charge is 0.433 e. The molecule has 0 fully saturated rings. The third-order valence-electron chi connectivity index (χ3n) is 5.01. The molecule has 17 heteroatoms. The average molecular weight is 560 g/mol.